The topological polar surface area (TPSA) is 66.4 Å². The van der Waals surface area contributed by atoms with Gasteiger partial charge >= 0.3 is 5.97 Å². The fraction of sp³-hybridized carbons (Fsp3) is 0.429. The van der Waals surface area contributed by atoms with Crippen LogP contribution in [0.15, 0.2) is 24.3 Å². The fourth-order valence-corrected chi connectivity index (χ4v) is 1.78. The first-order valence-electron chi connectivity index (χ1n) is 6.26. The summed E-state index contributed by atoms with van der Waals surface area (Å²) in [4.78, 5) is 21.9. The highest BCUT2D eigenvalue weighted by Gasteiger charge is 2.12. The van der Waals surface area contributed by atoms with Gasteiger partial charge in [-0.05, 0) is 25.8 Å². The van der Waals surface area contributed by atoms with Gasteiger partial charge in [0.05, 0.1) is 6.04 Å². The number of carboxylic acids is 1. The lowest BCUT2D eigenvalue weighted by Gasteiger charge is -2.14. The highest BCUT2D eigenvalue weighted by Crippen LogP contribution is 2.16. The van der Waals surface area contributed by atoms with Gasteiger partial charge < -0.3 is 10.4 Å². The number of nitrogens with one attached hydrogen (secondary N) is 1. The van der Waals surface area contributed by atoms with Gasteiger partial charge in [-0.1, -0.05) is 18.2 Å². The highest BCUT2D eigenvalue weighted by molar-refractivity contribution is 5.76. The third-order valence-electron chi connectivity index (χ3n) is 2.79. The van der Waals surface area contributed by atoms with E-state index in [2.05, 4.69) is 5.32 Å². The largest absolute Gasteiger partial charge is 0.481 e. The lowest BCUT2D eigenvalue weighted by Crippen LogP contribution is -2.26. The van der Waals surface area contributed by atoms with Crippen LogP contribution in [0.5, 0.6) is 0 Å². The van der Waals surface area contributed by atoms with E-state index in [-0.39, 0.29) is 24.6 Å². The maximum Gasteiger partial charge on any atom is 0.303 e. The van der Waals surface area contributed by atoms with E-state index in [0.717, 1.165) is 0 Å². The van der Waals surface area contributed by atoms with Gasteiger partial charge in [-0.2, -0.15) is 0 Å². The summed E-state index contributed by atoms with van der Waals surface area (Å²) in [5.41, 5.74) is 0.446. The van der Waals surface area contributed by atoms with Crippen molar-refractivity contribution in [2.75, 3.05) is 0 Å². The van der Waals surface area contributed by atoms with Crippen LogP contribution in [0.3, 0.4) is 0 Å². The zero-order valence-corrected chi connectivity index (χ0v) is 10.9. The van der Waals surface area contributed by atoms with Crippen LogP contribution in [0.1, 0.15) is 44.2 Å². The first-order chi connectivity index (χ1) is 9.00. The molecule has 0 aromatic heterocycles. The Labute approximate surface area is 111 Å². The molecule has 2 N–H and O–H groups in total. The van der Waals surface area contributed by atoms with Crippen LogP contribution in [0, 0.1) is 5.82 Å². The summed E-state index contributed by atoms with van der Waals surface area (Å²) in [5, 5.41) is 11.2. The van der Waals surface area contributed by atoms with Crippen LogP contribution in [0.25, 0.3) is 0 Å². The lowest BCUT2D eigenvalue weighted by atomic mass is 10.1. The maximum absolute atomic E-state index is 13.5. The monoisotopic (exact) mass is 267 g/mol. The van der Waals surface area contributed by atoms with Crippen molar-refractivity contribution >= 4 is 11.9 Å². The van der Waals surface area contributed by atoms with Crippen molar-refractivity contribution in [3.05, 3.63) is 35.6 Å². The van der Waals surface area contributed by atoms with Crippen LogP contribution in [0.2, 0.25) is 0 Å². The number of aliphatic carboxylic acids is 1. The Bertz CT molecular complexity index is 448. The minimum Gasteiger partial charge on any atom is -0.481 e. The Morgan fingerprint density at radius 2 is 1.89 bits per heavy atom. The number of unbranched alkanes of at least 4 members (excludes halogenated alkanes) is 1. The molecule has 0 spiro atoms. The van der Waals surface area contributed by atoms with Crippen LogP contribution in [-0.2, 0) is 9.59 Å². The summed E-state index contributed by atoms with van der Waals surface area (Å²) in [6.07, 6.45) is 1.31. The molecule has 0 fully saturated rings. The first-order valence-corrected chi connectivity index (χ1v) is 6.26. The molecule has 5 heteroatoms. The Hall–Kier alpha value is -1.91. The van der Waals surface area contributed by atoms with Crippen LogP contribution >= 0.6 is 0 Å². The Morgan fingerprint density at radius 3 is 2.53 bits per heavy atom. The summed E-state index contributed by atoms with van der Waals surface area (Å²) < 4.78 is 13.5. The molecule has 104 valence electrons. The van der Waals surface area contributed by atoms with Gasteiger partial charge in [-0.15, -0.1) is 0 Å². The fourth-order valence-electron chi connectivity index (χ4n) is 1.78. The van der Waals surface area contributed by atoms with E-state index in [1.165, 1.54) is 6.07 Å². The summed E-state index contributed by atoms with van der Waals surface area (Å²) in [6, 6.07) is 5.90. The van der Waals surface area contributed by atoms with Crippen molar-refractivity contribution in [3.63, 3.8) is 0 Å². The summed E-state index contributed by atoms with van der Waals surface area (Å²) in [6.45, 7) is 1.72. The van der Waals surface area contributed by atoms with E-state index in [0.29, 0.717) is 18.4 Å². The molecule has 0 bridgehead atoms. The first kappa shape index (κ1) is 15.1. The highest BCUT2D eigenvalue weighted by atomic mass is 19.1. The molecule has 0 aliphatic heterocycles. The second kappa shape index (κ2) is 7.51. The molecule has 1 aromatic carbocycles. The zero-order valence-electron chi connectivity index (χ0n) is 10.9. The summed E-state index contributed by atoms with van der Waals surface area (Å²) in [7, 11) is 0. The number of carboxylic acid groups (broad SMARTS) is 1. The third kappa shape index (κ3) is 5.50. The van der Waals surface area contributed by atoms with E-state index in [1.54, 1.807) is 25.1 Å². The van der Waals surface area contributed by atoms with Crippen molar-refractivity contribution in [3.8, 4) is 0 Å². The molecule has 0 aliphatic carbocycles. The van der Waals surface area contributed by atoms with Gasteiger partial charge in [-0.3, -0.25) is 9.59 Å². The molecule has 0 unspecified atom stereocenters. The molecule has 0 saturated heterocycles. The number of amides is 1. The third-order valence-corrected chi connectivity index (χ3v) is 2.79. The van der Waals surface area contributed by atoms with Gasteiger partial charge in [0.1, 0.15) is 5.82 Å². The predicted molar refractivity (Wildman–Crippen MR) is 69.1 cm³/mol. The second-order valence-corrected chi connectivity index (χ2v) is 4.41. The number of benzene rings is 1. The number of carbonyl (C=O) groups excluding carboxylic acids is 1. The van der Waals surface area contributed by atoms with Crippen molar-refractivity contribution in [2.45, 2.75) is 38.6 Å². The molecule has 0 heterocycles. The predicted octanol–water partition coefficient (Wildman–Crippen LogP) is 2.65. The number of halogens is 1. The van der Waals surface area contributed by atoms with Gasteiger partial charge in [0.15, 0.2) is 0 Å². The summed E-state index contributed by atoms with van der Waals surface area (Å²) in [5.74, 6) is -1.40. The molecular weight excluding hydrogens is 249 g/mol. The van der Waals surface area contributed by atoms with E-state index in [9.17, 15) is 14.0 Å². The normalized spacial score (nSPS) is 11.9. The standard InChI is InChI=1S/C14H18FNO3/c1-10(11-6-2-3-7-12(11)15)16-13(17)8-4-5-9-14(18)19/h2-3,6-7,10H,4-5,8-9H2,1H3,(H,16,17)(H,18,19)/t10-/m1/s1. The van der Waals surface area contributed by atoms with Gasteiger partial charge in [0.25, 0.3) is 0 Å². The lowest BCUT2D eigenvalue weighted by molar-refractivity contribution is -0.137. The smallest absolute Gasteiger partial charge is 0.303 e. The molecule has 1 rings (SSSR count). The molecule has 4 nitrogen and oxygen atoms in total. The number of hydrogen-bond donors (Lipinski definition) is 2. The number of carbonyl (C=O) groups is 2. The molecule has 0 saturated carbocycles. The van der Waals surface area contributed by atoms with Crippen molar-refractivity contribution in [2.24, 2.45) is 0 Å². The van der Waals surface area contributed by atoms with Crippen molar-refractivity contribution in [1.29, 1.82) is 0 Å². The summed E-state index contributed by atoms with van der Waals surface area (Å²) >= 11 is 0. The second-order valence-electron chi connectivity index (χ2n) is 4.41. The van der Waals surface area contributed by atoms with Gasteiger partial charge in [0, 0.05) is 18.4 Å². The molecule has 19 heavy (non-hydrogen) atoms. The van der Waals surface area contributed by atoms with Crippen LogP contribution in [0.4, 0.5) is 4.39 Å². The Balaban J connectivity index is 2.36. The molecule has 1 amide bonds. The average molecular weight is 267 g/mol. The van der Waals surface area contributed by atoms with E-state index >= 15 is 0 Å². The van der Waals surface area contributed by atoms with Crippen molar-refractivity contribution in [1.82, 2.24) is 5.32 Å². The number of rotatable bonds is 7. The number of hydrogen-bond acceptors (Lipinski definition) is 2. The Morgan fingerprint density at radius 1 is 1.26 bits per heavy atom. The maximum atomic E-state index is 13.5. The van der Waals surface area contributed by atoms with Crippen LogP contribution in [-0.4, -0.2) is 17.0 Å². The van der Waals surface area contributed by atoms with Crippen LogP contribution < -0.4 is 5.32 Å². The van der Waals surface area contributed by atoms with E-state index < -0.39 is 12.0 Å². The molecule has 1 aromatic rings. The SMILES string of the molecule is C[C@@H](NC(=O)CCCCC(=O)O)c1ccccc1F. The van der Waals surface area contributed by atoms with E-state index in [4.69, 9.17) is 5.11 Å². The van der Waals surface area contributed by atoms with Gasteiger partial charge in [-0.25, -0.2) is 4.39 Å². The molecule has 0 aliphatic rings. The Kier molecular flexibility index (Phi) is 5.99. The molecular formula is C14H18FNO3. The quantitative estimate of drug-likeness (QED) is 0.746. The minimum absolute atomic E-state index is 0.0656. The average Bonchev–Trinajstić information content (AvgIpc) is 2.35. The minimum atomic E-state index is -0.861. The zero-order chi connectivity index (χ0) is 14.3. The van der Waals surface area contributed by atoms with Gasteiger partial charge in [0.2, 0.25) is 5.91 Å². The van der Waals surface area contributed by atoms with E-state index in [1.807, 2.05) is 0 Å². The van der Waals surface area contributed by atoms with Crippen molar-refractivity contribution < 1.29 is 19.1 Å². The molecule has 0 radical (unpaired) electrons. The molecule has 1 atom stereocenters.